The van der Waals surface area contributed by atoms with Gasteiger partial charge in [0.25, 0.3) is 0 Å². The molecular weight excluding hydrogens is 662 g/mol. The zero-order valence-electron chi connectivity index (χ0n) is 32.4. The highest BCUT2D eigenvalue weighted by Gasteiger charge is 2.35. The van der Waals surface area contributed by atoms with Crippen LogP contribution in [0.5, 0.6) is 5.75 Å². The molecule has 2 aromatic rings. The van der Waals surface area contributed by atoms with Gasteiger partial charge < -0.3 is 35.3 Å². The number of ketones is 1. The number of unbranched alkanes of at least 4 members (excludes halogenated alkanes) is 1. The Labute approximate surface area is 309 Å². The van der Waals surface area contributed by atoms with Crippen molar-refractivity contribution in [2.45, 2.75) is 104 Å². The lowest BCUT2D eigenvalue weighted by molar-refractivity contribution is -0.148. The maximum atomic E-state index is 13.9. The number of Topliss-reactive ketones (excluding diaryl/α,β-unsaturated/α-hetero) is 1. The predicted molar refractivity (Wildman–Crippen MR) is 201 cm³/mol. The summed E-state index contributed by atoms with van der Waals surface area (Å²) in [6.45, 7) is 8.62. The molecule has 0 spiro atoms. The molecule has 0 bridgehead atoms. The highest BCUT2D eigenvalue weighted by Crippen LogP contribution is 2.22. The van der Waals surface area contributed by atoms with Crippen LogP contribution in [-0.4, -0.2) is 102 Å². The topological polar surface area (TPSA) is 159 Å². The normalized spacial score (nSPS) is 14.5. The first-order chi connectivity index (χ1) is 24.5. The second-order valence-electron chi connectivity index (χ2n) is 14.1. The SMILES string of the molecule is COc1ccc(C[C@H](C(N)=O)N(C)C(=O)[C@H](C)N(C)C(=O)[C@H](C)NC(=O)[C@@H](Cc2ccccc2)N(C)C(=O)[C@@H](C)C[C@H](C)CCCCC(C)=O)cc1. The molecule has 0 aromatic heterocycles. The number of carbonyl (C=O) groups is 6. The Bertz CT molecular complexity index is 1500. The van der Waals surface area contributed by atoms with E-state index in [1.54, 1.807) is 52.3 Å². The molecule has 0 fully saturated rings. The highest BCUT2D eigenvalue weighted by atomic mass is 16.5. The first-order valence-electron chi connectivity index (χ1n) is 18.0. The van der Waals surface area contributed by atoms with Gasteiger partial charge in [0.15, 0.2) is 0 Å². The van der Waals surface area contributed by atoms with Gasteiger partial charge in [-0.25, -0.2) is 0 Å². The molecule has 0 aliphatic carbocycles. The molecule has 0 saturated heterocycles. The molecule has 5 amide bonds. The molecule has 6 atom stereocenters. The summed E-state index contributed by atoms with van der Waals surface area (Å²) >= 11 is 0. The Morgan fingerprint density at radius 2 is 1.29 bits per heavy atom. The zero-order chi connectivity index (χ0) is 39.1. The third-order valence-electron chi connectivity index (χ3n) is 9.79. The number of methoxy groups -OCH3 is 1. The maximum Gasteiger partial charge on any atom is 0.245 e. The van der Waals surface area contributed by atoms with Crippen LogP contribution in [0.15, 0.2) is 54.6 Å². The van der Waals surface area contributed by atoms with Crippen molar-refractivity contribution in [3.63, 3.8) is 0 Å². The van der Waals surface area contributed by atoms with Gasteiger partial charge in [-0.05, 0) is 62.8 Å². The first-order valence-corrected chi connectivity index (χ1v) is 18.0. The minimum Gasteiger partial charge on any atom is -0.497 e. The second kappa shape index (κ2) is 20.9. The molecule has 0 radical (unpaired) electrons. The van der Waals surface area contributed by atoms with E-state index < -0.39 is 47.8 Å². The first kappa shape index (κ1) is 43.4. The summed E-state index contributed by atoms with van der Waals surface area (Å²) in [6, 6.07) is 12.5. The smallest absolute Gasteiger partial charge is 0.245 e. The van der Waals surface area contributed by atoms with Gasteiger partial charge in [0, 0.05) is 46.3 Å². The van der Waals surface area contributed by atoms with Crippen molar-refractivity contribution in [2.24, 2.45) is 17.6 Å². The van der Waals surface area contributed by atoms with Crippen LogP contribution < -0.4 is 15.8 Å². The maximum absolute atomic E-state index is 13.9. The fourth-order valence-corrected chi connectivity index (χ4v) is 6.33. The minimum atomic E-state index is -1.03. The summed E-state index contributed by atoms with van der Waals surface area (Å²) in [5.41, 5.74) is 7.33. The van der Waals surface area contributed by atoms with Crippen LogP contribution in [0.1, 0.15) is 77.8 Å². The second-order valence-corrected chi connectivity index (χ2v) is 14.1. The fraction of sp³-hybridized carbons (Fsp3) is 0.550. The summed E-state index contributed by atoms with van der Waals surface area (Å²) in [4.78, 5) is 82.3. The molecule has 286 valence electrons. The summed E-state index contributed by atoms with van der Waals surface area (Å²) in [6.07, 6.45) is 4.25. The summed E-state index contributed by atoms with van der Waals surface area (Å²) < 4.78 is 5.19. The monoisotopic (exact) mass is 721 g/mol. The zero-order valence-corrected chi connectivity index (χ0v) is 32.4. The fourth-order valence-electron chi connectivity index (χ4n) is 6.33. The van der Waals surface area contributed by atoms with Crippen LogP contribution in [0.3, 0.4) is 0 Å². The van der Waals surface area contributed by atoms with Crippen molar-refractivity contribution >= 4 is 35.3 Å². The molecule has 0 aliphatic rings. The Morgan fingerprint density at radius 1 is 0.731 bits per heavy atom. The summed E-state index contributed by atoms with van der Waals surface area (Å²) in [5.74, 6) is -1.64. The molecule has 2 rings (SSSR count). The molecule has 0 heterocycles. The van der Waals surface area contributed by atoms with E-state index in [4.69, 9.17) is 10.5 Å². The number of ether oxygens (including phenoxy) is 1. The Balaban J connectivity index is 2.13. The van der Waals surface area contributed by atoms with E-state index >= 15 is 0 Å². The lowest BCUT2D eigenvalue weighted by atomic mass is 9.91. The minimum absolute atomic E-state index is 0.173. The van der Waals surface area contributed by atoms with Crippen molar-refractivity contribution in [1.82, 2.24) is 20.0 Å². The number of nitrogens with zero attached hydrogens (tertiary/aromatic N) is 3. The van der Waals surface area contributed by atoms with E-state index in [1.807, 2.05) is 37.3 Å². The number of hydrogen-bond donors (Lipinski definition) is 2. The van der Waals surface area contributed by atoms with Crippen LogP contribution in [0, 0.1) is 11.8 Å². The number of likely N-dealkylation sites (N-methyl/N-ethyl adjacent to an activating group) is 3. The van der Waals surface area contributed by atoms with Gasteiger partial charge in [0.2, 0.25) is 29.5 Å². The van der Waals surface area contributed by atoms with Gasteiger partial charge >= 0.3 is 0 Å². The largest absolute Gasteiger partial charge is 0.497 e. The van der Waals surface area contributed by atoms with Crippen molar-refractivity contribution in [2.75, 3.05) is 28.3 Å². The quantitative estimate of drug-likeness (QED) is 0.186. The van der Waals surface area contributed by atoms with Gasteiger partial charge in [-0.1, -0.05) is 69.2 Å². The van der Waals surface area contributed by atoms with Crippen LogP contribution in [-0.2, 0) is 41.6 Å². The Morgan fingerprint density at radius 3 is 1.85 bits per heavy atom. The van der Waals surface area contributed by atoms with E-state index in [0.717, 1.165) is 30.4 Å². The molecule has 12 nitrogen and oxygen atoms in total. The third kappa shape index (κ3) is 13.1. The lowest BCUT2D eigenvalue weighted by Crippen LogP contribution is -2.58. The van der Waals surface area contributed by atoms with Gasteiger partial charge in [-0.15, -0.1) is 0 Å². The number of benzene rings is 2. The van der Waals surface area contributed by atoms with E-state index in [2.05, 4.69) is 12.2 Å². The van der Waals surface area contributed by atoms with E-state index in [9.17, 15) is 28.8 Å². The van der Waals surface area contributed by atoms with E-state index in [-0.39, 0.29) is 36.4 Å². The van der Waals surface area contributed by atoms with Crippen LogP contribution >= 0.6 is 0 Å². The standard InChI is InChI=1S/C40H59N5O7/c1-26(15-13-14-16-28(3)46)23-27(2)38(49)45(8)35(25-31-17-11-10-12-18-31)37(48)42-29(4)39(50)43(6)30(5)40(51)44(7)34(36(41)47)24-32-19-21-33(52-9)22-20-32/h10-12,17-22,26-27,29-30,34-35H,13-16,23-25H2,1-9H3,(H2,41,47)(H,42,48)/t26-,27+,29+,30+,34-,35-/m1/s1. The number of nitrogens with one attached hydrogen (secondary N) is 1. The molecule has 0 aliphatic heterocycles. The summed E-state index contributed by atoms with van der Waals surface area (Å²) in [7, 11) is 6.09. The number of rotatable bonds is 21. The Hall–Kier alpha value is -4.74. The molecule has 12 heteroatoms. The number of primary amides is 1. The van der Waals surface area contributed by atoms with E-state index in [0.29, 0.717) is 18.6 Å². The lowest BCUT2D eigenvalue weighted by Gasteiger charge is -2.34. The van der Waals surface area contributed by atoms with Crippen molar-refractivity contribution in [3.8, 4) is 5.75 Å². The third-order valence-corrected chi connectivity index (χ3v) is 9.79. The van der Waals surface area contributed by atoms with Crippen molar-refractivity contribution in [3.05, 3.63) is 65.7 Å². The van der Waals surface area contributed by atoms with Gasteiger partial charge in [0.05, 0.1) is 7.11 Å². The average molecular weight is 722 g/mol. The number of nitrogens with two attached hydrogens (primary N) is 1. The number of carbonyl (C=O) groups excluding carboxylic acids is 6. The van der Waals surface area contributed by atoms with Crippen molar-refractivity contribution < 1.29 is 33.5 Å². The van der Waals surface area contributed by atoms with Crippen LogP contribution in [0.25, 0.3) is 0 Å². The molecule has 0 saturated carbocycles. The van der Waals surface area contributed by atoms with Crippen molar-refractivity contribution in [1.29, 1.82) is 0 Å². The number of amides is 5. The highest BCUT2D eigenvalue weighted by molar-refractivity contribution is 5.95. The predicted octanol–water partition coefficient (Wildman–Crippen LogP) is 3.78. The van der Waals surface area contributed by atoms with Crippen LogP contribution in [0.4, 0.5) is 0 Å². The Kier molecular flexibility index (Phi) is 17.5. The average Bonchev–Trinajstić information content (AvgIpc) is 3.12. The van der Waals surface area contributed by atoms with Gasteiger partial charge in [0.1, 0.15) is 35.7 Å². The van der Waals surface area contributed by atoms with Gasteiger partial charge in [-0.3, -0.25) is 24.0 Å². The summed E-state index contributed by atoms with van der Waals surface area (Å²) in [5, 5.41) is 2.79. The molecule has 3 N–H and O–H groups in total. The molecular formula is C40H59N5O7. The molecule has 2 aromatic carbocycles. The molecule has 0 unspecified atom stereocenters. The van der Waals surface area contributed by atoms with Crippen LogP contribution in [0.2, 0.25) is 0 Å². The number of hydrogen-bond acceptors (Lipinski definition) is 7. The van der Waals surface area contributed by atoms with E-state index in [1.165, 1.54) is 35.7 Å². The molecule has 52 heavy (non-hydrogen) atoms. The van der Waals surface area contributed by atoms with Gasteiger partial charge in [-0.2, -0.15) is 0 Å².